The fourth-order valence-corrected chi connectivity index (χ4v) is 1.61. The van der Waals surface area contributed by atoms with Gasteiger partial charge >= 0.3 is 0 Å². The predicted octanol–water partition coefficient (Wildman–Crippen LogP) is 2.31. The Morgan fingerprint density at radius 3 is 2.57 bits per heavy atom. The lowest BCUT2D eigenvalue weighted by molar-refractivity contribution is 0.537. The van der Waals surface area contributed by atoms with Crippen LogP contribution in [0.4, 0.5) is 0 Å². The highest BCUT2D eigenvalue weighted by molar-refractivity contribution is 7.98. The molecule has 14 heavy (non-hydrogen) atoms. The zero-order chi connectivity index (χ0) is 10.4. The van der Waals surface area contributed by atoms with E-state index >= 15 is 0 Å². The first kappa shape index (κ1) is 11.1. The maximum absolute atomic E-state index is 7.93. The van der Waals surface area contributed by atoms with E-state index in [9.17, 15) is 0 Å². The summed E-state index contributed by atoms with van der Waals surface area (Å²) in [5, 5.41) is 7.93. The van der Waals surface area contributed by atoms with Gasteiger partial charge in [0.2, 0.25) is 0 Å². The predicted molar refractivity (Wildman–Crippen MR) is 64.3 cm³/mol. The summed E-state index contributed by atoms with van der Waals surface area (Å²) in [6, 6.07) is 9.84. The van der Waals surface area contributed by atoms with Gasteiger partial charge in [-0.25, -0.2) is 0 Å². The van der Waals surface area contributed by atoms with Crippen LogP contribution in [0, 0.1) is 5.41 Å². The molecule has 1 aromatic carbocycles. The summed E-state index contributed by atoms with van der Waals surface area (Å²) in [7, 11) is 1.96. The third-order valence-electron chi connectivity index (χ3n) is 2.06. The zero-order valence-corrected chi connectivity index (χ0v) is 9.47. The fourth-order valence-electron chi connectivity index (χ4n) is 1.16. The number of thioether (sulfide) groups is 1. The molecule has 3 heteroatoms. The van der Waals surface area contributed by atoms with E-state index in [4.69, 9.17) is 5.41 Å². The van der Waals surface area contributed by atoms with Crippen LogP contribution in [-0.2, 0) is 0 Å². The number of rotatable bonds is 4. The molecule has 1 aromatic rings. The summed E-state index contributed by atoms with van der Waals surface area (Å²) in [5.74, 6) is 1.66. The summed E-state index contributed by atoms with van der Waals surface area (Å²) in [6.45, 7) is 0.925. The molecule has 0 saturated carbocycles. The van der Waals surface area contributed by atoms with Gasteiger partial charge in [-0.05, 0) is 6.26 Å². The summed E-state index contributed by atoms with van der Waals surface area (Å²) in [6.07, 6.45) is 2.08. The number of amidine groups is 1. The Balaban J connectivity index is 2.57. The largest absolute Gasteiger partial charge is 0.359 e. The van der Waals surface area contributed by atoms with Crippen molar-refractivity contribution in [1.29, 1.82) is 5.41 Å². The van der Waals surface area contributed by atoms with E-state index in [-0.39, 0.29) is 0 Å². The van der Waals surface area contributed by atoms with Crippen molar-refractivity contribution in [3.8, 4) is 0 Å². The van der Waals surface area contributed by atoms with Gasteiger partial charge in [0, 0.05) is 24.9 Å². The number of nitrogens with one attached hydrogen (secondary N) is 1. The first-order valence-corrected chi connectivity index (χ1v) is 5.99. The molecule has 2 nitrogen and oxygen atoms in total. The first-order chi connectivity index (χ1) is 6.75. The summed E-state index contributed by atoms with van der Waals surface area (Å²) < 4.78 is 0. The van der Waals surface area contributed by atoms with Gasteiger partial charge in [-0.1, -0.05) is 30.3 Å². The molecule has 0 heterocycles. The van der Waals surface area contributed by atoms with Crippen molar-refractivity contribution in [2.45, 2.75) is 0 Å². The van der Waals surface area contributed by atoms with Crippen LogP contribution in [0.5, 0.6) is 0 Å². The molecule has 0 saturated heterocycles. The molecule has 0 atom stereocenters. The number of hydrogen-bond acceptors (Lipinski definition) is 2. The quantitative estimate of drug-likeness (QED) is 0.607. The molecule has 0 aromatic heterocycles. The summed E-state index contributed by atoms with van der Waals surface area (Å²) >= 11 is 1.80. The standard InChI is InChI=1S/C11H16N2S/c1-13(8-9-14-2)11(12)10-6-4-3-5-7-10/h3-7,12H,8-9H2,1-2H3. The molecule has 0 fully saturated rings. The molecule has 0 amide bonds. The Morgan fingerprint density at radius 2 is 2.00 bits per heavy atom. The van der Waals surface area contributed by atoms with Gasteiger partial charge in [-0.2, -0.15) is 11.8 Å². The lowest BCUT2D eigenvalue weighted by atomic mass is 10.2. The van der Waals surface area contributed by atoms with Crippen LogP contribution >= 0.6 is 11.8 Å². The molecular weight excluding hydrogens is 192 g/mol. The zero-order valence-electron chi connectivity index (χ0n) is 8.66. The Bertz CT molecular complexity index is 285. The lowest BCUT2D eigenvalue weighted by Crippen LogP contribution is -2.28. The Labute approximate surface area is 89.8 Å². The minimum atomic E-state index is 0.597. The van der Waals surface area contributed by atoms with Crippen molar-refractivity contribution in [2.24, 2.45) is 0 Å². The molecule has 1 rings (SSSR count). The van der Waals surface area contributed by atoms with Gasteiger partial charge in [0.1, 0.15) is 5.84 Å². The second-order valence-corrected chi connectivity index (χ2v) is 4.11. The third-order valence-corrected chi connectivity index (χ3v) is 2.65. The minimum Gasteiger partial charge on any atom is -0.359 e. The van der Waals surface area contributed by atoms with E-state index < -0.39 is 0 Å². The van der Waals surface area contributed by atoms with E-state index in [2.05, 4.69) is 6.26 Å². The molecule has 0 aliphatic rings. The van der Waals surface area contributed by atoms with Crippen molar-refractivity contribution in [3.05, 3.63) is 35.9 Å². The van der Waals surface area contributed by atoms with Crippen molar-refractivity contribution in [2.75, 3.05) is 25.6 Å². The van der Waals surface area contributed by atoms with E-state index in [0.29, 0.717) is 5.84 Å². The van der Waals surface area contributed by atoms with Crippen molar-refractivity contribution < 1.29 is 0 Å². The van der Waals surface area contributed by atoms with Crippen molar-refractivity contribution in [1.82, 2.24) is 4.90 Å². The maximum Gasteiger partial charge on any atom is 0.127 e. The molecule has 1 N–H and O–H groups in total. The molecule has 0 unspecified atom stereocenters. The highest BCUT2D eigenvalue weighted by Gasteiger charge is 2.05. The molecule has 0 aliphatic heterocycles. The van der Waals surface area contributed by atoms with Crippen molar-refractivity contribution in [3.63, 3.8) is 0 Å². The van der Waals surface area contributed by atoms with Gasteiger partial charge in [0.15, 0.2) is 0 Å². The number of nitrogens with zero attached hydrogens (tertiary/aromatic N) is 1. The Kier molecular flexibility index (Phi) is 4.53. The second kappa shape index (κ2) is 5.70. The highest BCUT2D eigenvalue weighted by atomic mass is 32.2. The van der Waals surface area contributed by atoms with Gasteiger partial charge in [-0.15, -0.1) is 0 Å². The lowest BCUT2D eigenvalue weighted by Gasteiger charge is -2.19. The van der Waals surface area contributed by atoms with Crippen LogP contribution in [0.3, 0.4) is 0 Å². The monoisotopic (exact) mass is 208 g/mol. The summed E-state index contributed by atoms with van der Waals surface area (Å²) in [4.78, 5) is 1.98. The number of hydrogen-bond donors (Lipinski definition) is 1. The van der Waals surface area contributed by atoms with Gasteiger partial charge < -0.3 is 4.90 Å². The average molecular weight is 208 g/mol. The molecule has 0 radical (unpaired) electrons. The molecule has 0 bridgehead atoms. The smallest absolute Gasteiger partial charge is 0.127 e. The normalized spacial score (nSPS) is 9.86. The van der Waals surface area contributed by atoms with Gasteiger partial charge in [0.05, 0.1) is 0 Å². The highest BCUT2D eigenvalue weighted by Crippen LogP contribution is 2.03. The Morgan fingerprint density at radius 1 is 1.36 bits per heavy atom. The number of benzene rings is 1. The van der Waals surface area contributed by atoms with E-state index in [1.165, 1.54) is 0 Å². The van der Waals surface area contributed by atoms with E-state index in [1.807, 2.05) is 42.3 Å². The van der Waals surface area contributed by atoms with Crippen LogP contribution in [0.15, 0.2) is 30.3 Å². The molecule has 0 aliphatic carbocycles. The Hall–Kier alpha value is -0.960. The van der Waals surface area contributed by atoms with Crippen LogP contribution in [-0.4, -0.2) is 36.3 Å². The van der Waals surface area contributed by atoms with Gasteiger partial charge in [0.25, 0.3) is 0 Å². The van der Waals surface area contributed by atoms with Crippen molar-refractivity contribution >= 4 is 17.6 Å². The van der Waals surface area contributed by atoms with Gasteiger partial charge in [-0.3, -0.25) is 5.41 Å². The molecule has 76 valence electrons. The summed E-state index contributed by atoms with van der Waals surface area (Å²) in [5.41, 5.74) is 0.983. The average Bonchev–Trinajstić information content (AvgIpc) is 2.26. The van der Waals surface area contributed by atoms with Crippen LogP contribution in [0.1, 0.15) is 5.56 Å². The SMILES string of the molecule is CSCCN(C)C(=N)c1ccccc1. The van der Waals surface area contributed by atoms with Crippen LogP contribution < -0.4 is 0 Å². The molecular formula is C11H16N2S. The maximum atomic E-state index is 7.93. The molecule has 0 spiro atoms. The van der Waals surface area contributed by atoms with Crippen LogP contribution in [0.2, 0.25) is 0 Å². The third kappa shape index (κ3) is 3.07. The topological polar surface area (TPSA) is 27.1 Å². The minimum absolute atomic E-state index is 0.597. The fraction of sp³-hybridized carbons (Fsp3) is 0.364. The second-order valence-electron chi connectivity index (χ2n) is 3.13. The van der Waals surface area contributed by atoms with Crippen LogP contribution in [0.25, 0.3) is 0 Å². The van der Waals surface area contributed by atoms with E-state index in [1.54, 1.807) is 11.8 Å². The first-order valence-electron chi connectivity index (χ1n) is 4.59. The van der Waals surface area contributed by atoms with E-state index in [0.717, 1.165) is 17.9 Å².